The average molecular weight is 357 g/mol. The van der Waals surface area contributed by atoms with Gasteiger partial charge in [-0.2, -0.15) is 0 Å². The minimum atomic E-state index is -0.471. The molecule has 0 radical (unpaired) electrons. The van der Waals surface area contributed by atoms with Gasteiger partial charge in [0.15, 0.2) is 0 Å². The van der Waals surface area contributed by atoms with Crippen LogP contribution in [0.25, 0.3) is 0 Å². The topological polar surface area (TPSA) is 46.2 Å². The summed E-state index contributed by atoms with van der Waals surface area (Å²) in [5.41, 5.74) is 5.40. The predicted molar refractivity (Wildman–Crippen MR) is 99.2 cm³/mol. The van der Waals surface area contributed by atoms with Gasteiger partial charge in [0.2, 0.25) is 0 Å². The lowest BCUT2D eigenvalue weighted by Crippen LogP contribution is -2.45. The second-order valence-electron chi connectivity index (χ2n) is 5.90. The number of hydrogen-bond acceptors (Lipinski definition) is 4. The van der Waals surface area contributed by atoms with Crippen LogP contribution in [0.3, 0.4) is 0 Å². The molecule has 0 bridgehead atoms. The smallest absolute Gasteiger partial charge is 0.123 e. The van der Waals surface area contributed by atoms with Crippen LogP contribution in [0.4, 0.5) is 4.39 Å². The number of rotatable bonds is 6. The minimum Gasteiger partial charge on any atom is -0.382 e. The summed E-state index contributed by atoms with van der Waals surface area (Å²) in [6, 6.07) is 10.2. The lowest BCUT2D eigenvalue weighted by molar-refractivity contribution is 0.0437. The van der Waals surface area contributed by atoms with E-state index in [4.69, 9.17) is 17.1 Å². The molecular formula is C19H20FN3OS. The Balaban J connectivity index is 1.76. The van der Waals surface area contributed by atoms with Crippen molar-refractivity contribution >= 4 is 17.2 Å². The molecule has 0 saturated heterocycles. The normalized spacial score (nSPS) is 19.4. The zero-order valence-electron chi connectivity index (χ0n) is 14.0. The van der Waals surface area contributed by atoms with Crippen molar-refractivity contribution in [3.05, 3.63) is 77.5 Å². The molecule has 0 aliphatic heterocycles. The number of allylic oxidation sites excluding steroid dienone is 1. The van der Waals surface area contributed by atoms with E-state index in [1.807, 2.05) is 25.4 Å². The Morgan fingerprint density at radius 1 is 1.32 bits per heavy atom. The first-order chi connectivity index (χ1) is 12.2. The van der Waals surface area contributed by atoms with Gasteiger partial charge in [0, 0.05) is 19.4 Å². The highest BCUT2D eigenvalue weighted by Crippen LogP contribution is 2.41. The molecule has 6 heteroatoms. The Kier molecular flexibility index (Phi) is 5.40. The monoisotopic (exact) mass is 357 g/mol. The number of benzene rings is 1. The van der Waals surface area contributed by atoms with Crippen molar-refractivity contribution in [2.24, 2.45) is 0 Å². The number of aromatic nitrogens is 1. The van der Waals surface area contributed by atoms with Crippen LogP contribution < -0.4 is 10.8 Å². The first-order valence-electron chi connectivity index (χ1n) is 8.12. The van der Waals surface area contributed by atoms with Gasteiger partial charge in [0.1, 0.15) is 5.82 Å². The number of nitrogens with one attached hydrogen (secondary N) is 2. The Morgan fingerprint density at radius 3 is 2.80 bits per heavy atom. The van der Waals surface area contributed by atoms with Crippen LogP contribution in [0.15, 0.2) is 60.6 Å². The molecule has 0 amide bonds. The molecule has 0 spiro atoms. The number of pyridine rings is 1. The molecule has 130 valence electrons. The lowest BCUT2D eigenvalue weighted by Gasteiger charge is -2.33. The number of nitrogens with zero attached hydrogens (tertiary/aromatic N) is 1. The molecule has 1 aliphatic rings. The molecule has 3 rings (SSSR count). The van der Waals surface area contributed by atoms with E-state index in [9.17, 15) is 4.39 Å². The van der Waals surface area contributed by atoms with E-state index in [0.29, 0.717) is 6.61 Å². The number of likely N-dealkylation sites (N-methyl/N-ethyl adjacent to an activating group) is 1. The van der Waals surface area contributed by atoms with E-state index in [-0.39, 0.29) is 5.82 Å². The second kappa shape index (κ2) is 7.72. The average Bonchev–Trinajstić information content (AvgIpc) is 3.08. The predicted octanol–water partition coefficient (Wildman–Crippen LogP) is 3.40. The Hall–Kier alpha value is -2.31. The molecule has 1 aliphatic carbocycles. The van der Waals surface area contributed by atoms with E-state index in [1.165, 1.54) is 12.1 Å². The first kappa shape index (κ1) is 17.5. The van der Waals surface area contributed by atoms with Crippen LogP contribution in [-0.4, -0.2) is 17.0 Å². The van der Waals surface area contributed by atoms with Gasteiger partial charge in [0.05, 0.1) is 22.7 Å². The zero-order chi connectivity index (χ0) is 17.7. The SMILES string of the molecule is CNC(=S)C1(c2cccnc2)CCC=C1NOCc1ccc(F)cc1. The molecule has 2 N–H and O–H groups in total. The summed E-state index contributed by atoms with van der Waals surface area (Å²) in [7, 11) is 1.83. The minimum absolute atomic E-state index is 0.259. The maximum Gasteiger partial charge on any atom is 0.123 e. The van der Waals surface area contributed by atoms with Gasteiger partial charge in [-0.25, -0.2) is 4.39 Å². The summed E-state index contributed by atoms with van der Waals surface area (Å²) >= 11 is 5.63. The molecule has 1 heterocycles. The van der Waals surface area contributed by atoms with E-state index >= 15 is 0 Å². The van der Waals surface area contributed by atoms with Crippen LogP contribution in [0.5, 0.6) is 0 Å². The Morgan fingerprint density at radius 2 is 2.12 bits per heavy atom. The van der Waals surface area contributed by atoms with Crippen molar-refractivity contribution in [1.29, 1.82) is 0 Å². The van der Waals surface area contributed by atoms with Gasteiger partial charge in [-0.1, -0.05) is 36.5 Å². The largest absolute Gasteiger partial charge is 0.382 e. The molecule has 1 unspecified atom stereocenters. The fraction of sp³-hybridized carbons (Fsp3) is 0.263. The molecule has 25 heavy (non-hydrogen) atoms. The number of halogens is 1. The lowest BCUT2D eigenvalue weighted by atomic mass is 9.78. The van der Waals surface area contributed by atoms with E-state index in [2.05, 4.69) is 21.9 Å². The summed E-state index contributed by atoms with van der Waals surface area (Å²) in [5.74, 6) is -0.259. The summed E-state index contributed by atoms with van der Waals surface area (Å²) < 4.78 is 13.0. The maximum absolute atomic E-state index is 13.0. The van der Waals surface area contributed by atoms with Gasteiger partial charge in [-0.05, 0) is 42.2 Å². The van der Waals surface area contributed by atoms with Crippen LogP contribution in [0.1, 0.15) is 24.0 Å². The highest BCUT2D eigenvalue weighted by Gasteiger charge is 2.43. The van der Waals surface area contributed by atoms with Crippen molar-refractivity contribution in [3.63, 3.8) is 0 Å². The molecule has 1 aromatic carbocycles. The van der Waals surface area contributed by atoms with Crippen molar-refractivity contribution in [3.8, 4) is 0 Å². The van der Waals surface area contributed by atoms with Gasteiger partial charge in [0.25, 0.3) is 0 Å². The molecule has 2 aromatic rings. The molecule has 0 saturated carbocycles. The third-order valence-corrected chi connectivity index (χ3v) is 4.98. The summed E-state index contributed by atoms with van der Waals surface area (Å²) in [6.07, 6.45) is 7.42. The van der Waals surface area contributed by atoms with Gasteiger partial charge in [-0.3, -0.25) is 15.3 Å². The fourth-order valence-corrected chi connectivity index (χ4v) is 3.47. The zero-order valence-corrected chi connectivity index (χ0v) is 14.8. The maximum atomic E-state index is 13.0. The third-order valence-electron chi connectivity index (χ3n) is 4.43. The highest BCUT2D eigenvalue weighted by atomic mass is 32.1. The van der Waals surface area contributed by atoms with Crippen molar-refractivity contribution < 1.29 is 9.23 Å². The molecule has 0 fully saturated rings. The standard InChI is InChI=1S/C19H20FN3OS/c1-21-18(25)19(15-4-3-11-22-12-15)10-2-5-17(19)23-24-13-14-6-8-16(20)9-7-14/h3-9,11-12,23H,2,10,13H2,1H3,(H,21,25). The van der Waals surface area contributed by atoms with E-state index in [0.717, 1.165) is 34.7 Å². The van der Waals surface area contributed by atoms with Crippen LogP contribution >= 0.6 is 12.2 Å². The van der Waals surface area contributed by atoms with Crippen LogP contribution in [0.2, 0.25) is 0 Å². The number of hydrogen-bond donors (Lipinski definition) is 2. The third kappa shape index (κ3) is 3.55. The van der Waals surface area contributed by atoms with Crippen LogP contribution in [-0.2, 0) is 16.9 Å². The number of hydroxylamine groups is 1. The van der Waals surface area contributed by atoms with Crippen molar-refractivity contribution in [1.82, 2.24) is 15.8 Å². The van der Waals surface area contributed by atoms with Crippen molar-refractivity contribution in [2.75, 3.05) is 7.05 Å². The van der Waals surface area contributed by atoms with Gasteiger partial charge in [-0.15, -0.1) is 0 Å². The van der Waals surface area contributed by atoms with E-state index < -0.39 is 5.41 Å². The summed E-state index contributed by atoms with van der Waals surface area (Å²) in [4.78, 5) is 10.6. The molecule has 4 nitrogen and oxygen atoms in total. The van der Waals surface area contributed by atoms with Crippen molar-refractivity contribution in [2.45, 2.75) is 24.9 Å². The second-order valence-corrected chi connectivity index (χ2v) is 6.31. The van der Waals surface area contributed by atoms with E-state index in [1.54, 1.807) is 18.3 Å². The Labute approximate surface area is 152 Å². The first-order valence-corrected chi connectivity index (χ1v) is 8.53. The summed E-state index contributed by atoms with van der Waals surface area (Å²) in [6.45, 7) is 0.326. The van der Waals surface area contributed by atoms with Gasteiger partial charge < -0.3 is 5.32 Å². The van der Waals surface area contributed by atoms with Crippen LogP contribution in [0, 0.1) is 5.82 Å². The fourth-order valence-electron chi connectivity index (χ4n) is 3.14. The summed E-state index contributed by atoms with van der Waals surface area (Å²) in [5, 5.41) is 3.12. The quantitative estimate of drug-likeness (QED) is 0.613. The Bertz CT molecular complexity index is 764. The number of thiocarbonyl (C=S) groups is 1. The molecule has 1 aromatic heterocycles. The molecule has 1 atom stereocenters. The molecular weight excluding hydrogens is 337 g/mol. The van der Waals surface area contributed by atoms with Gasteiger partial charge >= 0.3 is 0 Å². The highest BCUT2D eigenvalue weighted by molar-refractivity contribution is 7.80.